The second-order valence-corrected chi connectivity index (χ2v) is 5.32. The van der Waals surface area contributed by atoms with Crippen molar-refractivity contribution in [1.29, 1.82) is 0 Å². The SMILES string of the molecule is C[C@@H](NC(=O)CSCC(N)=O)c1ccccc1C(F)(F)F. The van der Waals surface area contributed by atoms with E-state index in [0.29, 0.717) is 0 Å². The molecule has 1 aromatic rings. The quantitative estimate of drug-likeness (QED) is 0.843. The summed E-state index contributed by atoms with van der Waals surface area (Å²) in [4.78, 5) is 22.1. The third-order valence-electron chi connectivity index (χ3n) is 2.59. The predicted molar refractivity (Wildman–Crippen MR) is 74.5 cm³/mol. The zero-order chi connectivity index (χ0) is 16.0. The van der Waals surface area contributed by atoms with E-state index in [2.05, 4.69) is 5.32 Å². The van der Waals surface area contributed by atoms with E-state index in [1.807, 2.05) is 0 Å². The number of rotatable bonds is 6. The fraction of sp³-hybridized carbons (Fsp3) is 0.385. The maximum Gasteiger partial charge on any atom is 0.416 e. The summed E-state index contributed by atoms with van der Waals surface area (Å²) in [5.74, 6) is -1.06. The van der Waals surface area contributed by atoms with E-state index in [-0.39, 0.29) is 17.1 Å². The molecule has 0 aliphatic carbocycles. The van der Waals surface area contributed by atoms with E-state index >= 15 is 0 Å². The van der Waals surface area contributed by atoms with Gasteiger partial charge >= 0.3 is 6.18 Å². The minimum Gasteiger partial charge on any atom is -0.369 e. The fourth-order valence-electron chi connectivity index (χ4n) is 1.74. The molecule has 0 bridgehead atoms. The van der Waals surface area contributed by atoms with Crippen molar-refractivity contribution in [3.05, 3.63) is 35.4 Å². The average molecular weight is 320 g/mol. The number of carbonyl (C=O) groups is 2. The molecule has 1 rings (SSSR count). The third kappa shape index (κ3) is 5.66. The zero-order valence-corrected chi connectivity index (χ0v) is 12.1. The summed E-state index contributed by atoms with van der Waals surface area (Å²) >= 11 is 1.01. The molecule has 0 aliphatic heterocycles. The molecule has 0 saturated carbocycles. The van der Waals surface area contributed by atoms with Crippen LogP contribution < -0.4 is 11.1 Å². The Morgan fingerprint density at radius 2 is 1.90 bits per heavy atom. The van der Waals surface area contributed by atoms with Crippen LogP contribution in [0.15, 0.2) is 24.3 Å². The Morgan fingerprint density at radius 3 is 2.48 bits per heavy atom. The number of alkyl halides is 3. The number of thioether (sulfide) groups is 1. The number of benzene rings is 1. The lowest BCUT2D eigenvalue weighted by molar-refractivity contribution is -0.138. The van der Waals surface area contributed by atoms with E-state index in [1.165, 1.54) is 25.1 Å². The van der Waals surface area contributed by atoms with Gasteiger partial charge in [-0.05, 0) is 18.6 Å². The van der Waals surface area contributed by atoms with Gasteiger partial charge < -0.3 is 11.1 Å². The Hall–Kier alpha value is -1.70. The Balaban J connectivity index is 2.70. The maximum atomic E-state index is 12.9. The Morgan fingerprint density at radius 1 is 1.29 bits per heavy atom. The van der Waals surface area contributed by atoms with Gasteiger partial charge in [0.25, 0.3) is 0 Å². The standard InChI is InChI=1S/C13H15F3N2O2S/c1-8(18-12(20)7-21-6-11(17)19)9-4-2-3-5-10(9)13(14,15)16/h2-5,8H,6-7H2,1H3,(H2,17,19)(H,18,20)/t8-/m1/s1. The molecule has 21 heavy (non-hydrogen) atoms. The lowest BCUT2D eigenvalue weighted by atomic mass is 10.0. The van der Waals surface area contributed by atoms with Crippen molar-refractivity contribution in [2.75, 3.05) is 11.5 Å². The molecular weight excluding hydrogens is 305 g/mol. The highest BCUT2D eigenvalue weighted by molar-refractivity contribution is 8.00. The molecule has 0 unspecified atom stereocenters. The van der Waals surface area contributed by atoms with Crippen molar-refractivity contribution >= 4 is 23.6 Å². The van der Waals surface area contributed by atoms with Crippen molar-refractivity contribution in [3.8, 4) is 0 Å². The smallest absolute Gasteiger partial charge is 0.369 e. The molecule has 0 radical (unpaired) electrons. The molecule has 1 atom stereocenters. The van der Waals surface area contributed by atoms with Crippen LogP contribution in [0.4, 0.5) is 13.2 Å². The van der Waals surface area contributed by atoms with Crippen molar-refractivity contribution in [1.82, 2.24) is 5.32 Å². The van der Waals surface area contributed by atoms with Crippen molar-refractivity contribution < 1.29 is 22.8 Å². The average Bonchev–Trinajstić information content (AvgIpc) is 2.37. The Kier molecular flexibility index (Phi) is 6.07. The number of hydrogen-bond donors (Lipinski definition) is 2. The lowest BCUT2D eigenvalue weighted by Gasteiger charge is -2.19. The van der Waals surface area contributed by atoms with E-state index < -0.39 is 29.6 Å². The summed E-state index contributed by atoms with van der Waals surface area (Å²) in [6, 6.07) is 4.28. The number of amides is 2. The van der Waals surface area contributed by atoms with Crippen LogP contribution in [0, 0.1) is 0 Å². The first kappa shape index (κ1) is 17.4. The first-order valence-electron chi connectivity index (χ1n) is 6.03. The number of nitrogens with two attached hydrogens (primary N) is 1. The number of carbonyl (C=O) groups excluding carboxylic acids is 2. The highest BCUT2D eigenvalue weighted by Gasteiger charge is 2.34. The normalized spacial score (nSPS) is 12.8. The van der Waals surface area contributed by atoms with Gasteiger partial charge in [0.05, 0.1) is 23.1 Å². The Labute approximate surface area is 124 Å². The summed E-state index contributed by atoms with van der Waals surface area (Å²) in [6.45, 7) is 1.47. The van der Waals surface area contributed by atoms with Crippen LogP contribution in [0.3, 0.4) is 0 Å². The molecule has 0 saturated heterocycles. The van der Waals surface area contributed by atoms with E-state index in [0.717, 1.165) is 17.8 Å². The number of primary amides is 1. The van der Waals surface area contributed by atoms with Gasteiger partial charge in [-0.1, -0.05) is 18.2 Å². The topological polar surface area (TPSA) is 72.2 Å². The third-order valence-corrected chi connectivity index (χ3v) is 3.54. The van der Waals surface area contributed by atoms with Gasteiger partial charge in [-0.2, -0.15) is 13.2 Å². The van der Waals surface area contributed by atoms with Crippen LogP contribution in [0.1, 0.15) is 24.1 Å². The van der Waals surface area contributed by atoms with E-state index in [1.54, 1.807) is 0 Å². The molecule has 0 heterocycles. The van der Waals surface area contributed by atoms with Crippen molar-refractivity contribution in [2.24, 2.45) is 5.73 Å². The number of hydrogen-bond acceptors (Lipinski definition) is 3. The summed E-state index contributed by atoms with van der Waals surface area (Å²) in [5, 5.41) is 2.47. The van der Waals surface area contributed by atoms with Crippen LogP contribution in [0.2, 0.25) is 0 Å². The van der Waals surface area contributed by atoms with E-state index in [4.69, 9.17) is 5.73 Å². The maximum absolute atomic E-state index is 12.9. The first-order chi connectivity index (χ1) is 9.71. The second-order valence-electron chi connectivity index (χ2n) is 4.33. The molecule has 1 aromatic carbocycles. The predicted octanol–water partition coefficient (Wildman–Crippen LogP) is 2.10. The zero-order valence-electron chi connectivity index (χ0n) is 11.2. The van der Waals surface area contributed by atoms with E-state index in [9.17, 15) is 22.8 Å². The molecule has 3 N–H and O–H groups in total. The molecule has 4 nitrogen and oxygen atoms in total. The molecular formula is C13H15F3N2O2S. The molecule has 0 aromatic heterocycles. The van der Waals surface area contributed by atoms with Gasteiger partial charge in [0, 0.05) is 0 Å². The summed E-state index contributed by atoms with van der Waals surface area (Å²) in [6.07, 6.45) is -4.48. The van der Waals surface area contributed by atoms with Crippen LogP contribution in [0.5, 0.6) is 0 Å². The molecule has 0 spiro atoms. The minimum absolute atomic E-state index is 0.00162. The largest absolute Gasteiger partial charge is 0.416 e. The lowest BCUT2D eigenvalue weighted by Crippen LogP contribution is -2.30. The van der Waals surface area contributed by atoms with Gasteiger partial charge in [-0.25, -0.2) is 0 Å². The fourth-order valence-corrected chi connectivity index (χ4v) is 2.31. The second kappa shape index (κ2) is 7.35. The monoisotopic (exact) mass is 320 g/mol. The van der Waals surface area contributed by atoms with Gasteiger partial charge in [0.2, 0.25) is 11.8 Å². The molecule has 116 valence electrons. The number of nitrogens with one attached hydrogen (secondary N) is 1. The van der Waals surface area contributed by atoms with Crippen molar-refractivity contribution in [2.45, 2.75) is 19.1 Å². The number of halogens is 3. The van der Waals surface area contributed by atoms with Crippen LogP contribution >= 0.6 is 11.8 Å². The molecule has 0 aliphatic rings. The molecule has 0 fully saturated rings. The molecule has 8 heteroatoms. The summed E-state index contributed by atoms with van der Waals surface area (Å²) < 4.78 is 38.6. The van der Waals surface area contributed by atoms with Crippen molar-refractivity contribution in [3.63, 3.8) is 0 Å². The highest BCUT2D eigenvalue weighted by atomic mass is 32.2. The first-order valence-corrected chi connectivity index (χ1v) is 7.19. The summed E-state index contributed by atoms with van der Waals surface area (Å²) in [7, 11) is 0. The Bertz CT molecular complexity index is 520. The highest BCUT2D eigenvalue weighted by Crippen LogP contribution is 2.34. The van der Waals surface area contributed by atoms with Crippen LogP contribution in [-0.2, 0) is 15.8 Å². The molecule has 2 amide bonds. The minimum atomic E-state index is -4.48. The van der Waals surface area contributed by atoms with Crippen LogP contribution in [-0.4, -0.2) is 23.3 Å². The van der Waals surface area contributed by atoms with Gasteiger partial charge in [0.15, 0.2) is 0 Å². The van der Waals surface area contributed by atoms with Gasteiger partial charge in [-0.15, -0.1) is 11.8 Å². The van der Waals surface area contributed by atoms with Crippen LogP contribution in [0.25, 0.3) is 0 Å². The van der Waals surface area contributed by atoms with Gasteiger partial charge in [-0.3, -0.25) is 9.59 Å². The summed E-state index contributed by atoms with van der Waals surface area (Å²) in [5.41, 5.74) is 4.15. The van der Waals surface area contributed by atoms with Gasteiger partial charge in [0.1, 0.15) is 0 Å².